The van der Waals surface area contributed by atoms with E-state index in [2.05, 4.69) is 5.32 Å². The van der Waals surface area contributed by atoms with Crippen LogP contribution < -0.4 is 14.8 Å². The standard InChI is InChI=1S/C19H19NO5S/c1-12(25-19(22)13(2)26-15-6-4-3-5-7-15)18(21)20-14-8-9-16-17(10-14)24-11-23-16/h3-10,12-13H,11H2,1-2H3,(H,20,21)/t12-,13+/m1/s1. The van der Waals surface area contributed by atoms with Gasteiger partial charge >= 0.3 is 5.97 Å². The minimum absolute atomic E-state index is 0.164. The molecule has 26 heavy (non-hydrogen) atoms. The topological polar surface area (TPSA) is 73.9 Å². The van der Waals surface area contributed by atoms with Crippen LogP contribution in [0, 0.1) is 0 Å². The van der Waals surface area contributed by atoms with Gasteiger partial charge in [0.05, 0.1) is 0 Å². The molecule has 0 saturated heterocycles. The summed E-state index contributed by atoms with van der Waals surface area (Å²) in [4.78, 5) is 25.4. The van der Waals surface area contributed by atoms with Crippen molar-refractivity contribution in [3.8, 4) is 11.5 Å². The van der Waals surface area contributed by atoms with Gasteiger partial charge in [-0.15, -0.1) is 11.8 Å². The molecule has 1 amide bonds. The molecular formula is C19H19NO5S. The number of ether oxygens (including phenoxy) is 3. The monoisotopic (exact) mass is 373 g/mol. The summed E-state index contributed by atoms with van der Waals surface area (Å²) >= 11 is 1.39. The van der Waals surface area contributed by atoms with Gasteiger partial charge in [0.1, 0.15) is 5.25 Å². The number of carbonyl (C=O) groups is 2. The van der Waals surface area contributed by atoms with Gasteiger partial charge < -0.3 is 19.5 Å². The van der Waals surface area contributed by atoms with Gasteiger partial charge in [-0.25, -0.2) is 0 Å². The number of hydrogen-bond acceptors (Lipinski definition) is 6. The smallest absolute Gasteiger partial charge is 0.319 e. The molecule has 2 aromatic carbocycles. The second kappa shape index (κ2) is 8.14. The van der Waals surface area contributed by atoms with E-state index in [-0.39, 0.29) is 6.79 Å². The van der Waals surface area contributed by atoms with Crippen LogP contribution in [-0.2, 0) is 14.3 Å². The Labute approximate surface area is 155 Å². The van der Waals surface area contributed by atoms with Crippen molar-refractivity contribution in [1.82, 2.24) is 0 Å². The highest BCUT2D eigenvalue weighted by Crippen LogP contribution is 2.34. The maximum Gasteiger partial charge on any atom is 0.319 e. The summed E-state index contributed by atoms with van der Waals surface area (Å²) in [5.41, 5.74) is 0.550. The minimum atomic E-state index is -0.910. The van der Waals surface area contributed by atoms with E-state index >= 15 is 0 Å². The van der Waals surface area contributed by atoms with Gasteiger partial charge in [-0.1, -0.05) is 18.2 Å². The fraction of sp³-hybridized carbons (Fsp3) is 0.263. The van der Waals surface area contributed by atoms with E-state index in [0.29, 0.717) is 17.2 Å². The van der Waals surface area contributed by atoms with Crippen molar-refractivity contribution >= 4 is 29.3 Å². The first kappa shape index (κ1) is 18.1. The van der Waals surface area contributed by atoms with E-state index in [0.717, 1.165) is 4.90 Å². The van der Waals surface area contributed by atoms with Crippen molar-refractivity contribution in [2.24, 2.45) is 0 Å². The summed E-state index contributed by atoms with van der Waals surface area (Å²) in [5, 5.41) is 2.29. The third kappa shape index (κ3) is 4.49. The molecule has 0 aliphatic carbocycles. The number of rotatable bonds is 6. The lowest BCUT2D eigenvalue weighted by molar-refractivity contribution is -0.152. The van der Waals surface area contributed by atoms with Gasteiger partial charge in [0.2, 0.25) is 6.79 Å². The van der Waals surface area contributed by atoms with Crippen LogP contribution in [0.25, 0.3) is 0 Å². The van der Waals surface area contributed by atoms with Crippen LogP contribution >= 0.6 is 11.8 Å². The molecule has 6 nitrogen and oxygen atoms in total. The molecule has 0 fully saturated rings. The number of amides is 1. The van der Waals surface area contributed by atoms with Crippen molar-refractivity contribution in [1.29, 1.82) is 0 Å². The zero-order chi connectivity index (χ0) is 18.5. The SMILES string of the molecule is C[C@H](Sc1ccccc1)C(=O)O[C@H](C)C(=O)Nc1ccc2c(c1)OCO2. The van der Waals surface area contributed by atoms with Crippen molar-refractivity contribution in [3.63, 3.8) is 0 Å². The zero-order valence-corrected chi connectivity index (χ0v) is 15.2. The Morgan fingerprint density at radius 1 is 1.08 bits per heavy atom. The van der Waals surface area contributed by atoms with Crippen molar-refractivity contribution in [3.05, 3.63) is 48.5 Å². The maximum absolute atomic E-state index is 12.3. The van der Waals surface area contributed by atoms with Gasteiger partial charge in [0.25, 0.3) is 5.91 Å². The van der Waals surface area contributed by atoms with Crippen LogP contribution in [0.15, 0.2) is 53.4 Å². The number of fused-ring (bicyclic) bond motifs is 1. The number of thioether (sulfide) groups is 1. The quantitative estimate of drug-likeness (QED) is 0.617. The van der Waals surface area contributed by atoms with Gasteiger partial charge in [-0.3, -0.25) is 9.59 Å². The Bertz CT molecular complexity index is 796. The Morgan fingerprint density at radius 2 is 1.81 bits per heavy atom. The summed E-state index contributed by atoms with van der Waals surface area (Å²) in [7, 11) is 0. The summed E-state index contributed by atoms with van der Waals surface area (Å²) in [5.74, 6) is 0.357. The molecule has 0 radical (unpaired) electrons. The number of carbonyl (C=O) groups excluding carboxylic acids is 2. The molecule has 2 aromatic rings. The minimum Gasteiger partial charge on any atom is -0.454 e. The highest BCUT2D eigenvalue weighted by molar-refractivity contribution is 8.00. The highest BCUT2D eigenvalue weighted by Gasteiger charge is 2.23. The van der Waals surface area contributed by atoms with Crippen LogP contribution in [0.5, 0.6) is 11.5 Å². The average Bonchev–Trinajstić information content (AvgIpc) is 3.10. The zero-order valence-electron chi connectivity index (χ0n) is 14.4. The predicted octanol–water partition coefficient (Wildman–Crippen LogP) is 3.47. The fourth-order valence-corrected chi connectivity index (χ4v) is 3.17. The van der Waals surface area contributed by atoms with Crippen LogP contribution in [0.4, 0.5) is 5.69 Å². The van der Waals surface area contributed by atoms with Crippen molar-refractivity contribution in [2.75, 3.05) is 12.1 Å². The Balaban J connectivity index is 1.52. The van der Waals surface area contributed by atoms with Crippen LogP contribution in [-0.4, -0.2) is 30.0 Å². The summed E-state index contributed by atoms with van der Waals surface area (Å²) < 4.78 is 15.8. The summed E-state index contributed by atoms with van der Waals surface area (Å²) in [6.07, 6.45) is -0.910. The molecule has 0 aromatic heterocycles. The Hall–Kier alpha value is -2.67. The largest absolute Gasteiger partial charge is 0.454 e. The third-order valence-electron chi connectivity index (χ3n) is 3.69. The molecule has 1 aliphatic heterocycles. The number of benzene rings is 2. The van der Waals surface area contributed by atoms with E-state index in [1.807, 2.05) is 30.3 Å². The van der Waals surface area contributed by atoms with Crippen molar-refractivity contribution < 1.29 is 23.8 Å². The Morgan fingerprint density at radius 3 is 2.58 bits per heavy atom. The normalized spacial score (nSPS) is 14.4. The Kier molecular flexibility index (Phi) is 5.68. The van der Waals surface area contributed by atoms with Gasteiger partial charge in [0.15, 0.2) is 17.6 Å². The molecule has 3 rings (SSSR count). The molecule has 0 saturated carbocycles. The lowest BCUT2D eigenvalue weighted by Crippen LogP contribution is -2.32. The third-order valence-corrected chi connectivity index (χ3v) is 4.78. The van der Waals surface area contributed by atoms with Gasteiger partial charge in [0, 0.05) is 16.6 Å². The molecule has 136 valence electrons. The number of anilines is 1. The number of hydrogen-bond donors (Lipinski definition) is 1. The van der Waals surface area contributed by atoms with Crippen LogP contribution in [0.3, 0.4) is 0 Å². The van der Waals surface area contributed by atoms with E-state index in [1.165, 1.54) is 11.8 Å². The molecule has 0 unspecified atom stereocenters. The predicted molar refractivity (Wildman–Crippen MR) is 98.5 cm³/mol. The van der Waals surface area contributed by atoms with E-state index in [1.54, 1.807) is 32.0 Å². The van der Waals surface area contributed by atoms with Crippen molar-refractivity contribution in [2.45, 2.75) is 30.1 Å². The second-order valence-electron chi connectivity index (χ2n) is 5.71. The lowest BCUT2D eigenvalue weighted by Gasteiger charge is -2.16. The van der Waals surface area contributed by atoms with E-state index < -0.39 is 23.2 Å². The van der Waals surface area contributed by atoms with Crippen LogP contribution in [0.2, 0.25) is 0 Å². The molecule has 0 spiro atoms. The highest BCUT2D eigenvalue weighted by atomic mass is 32.2. The molecule has 1 aliphatic rings. The molecule has 1 heterocycles. The van der Waals surface area contributed by atoms with E-state index in [4.69, 9.17) is 14.2 Å². The van der Waals surface area contributed by atoms with E-state index in [9.17, 15) is 9.59 Å². The average molecular weight is 373 g/mol. The lowest BCUT2D eigenvalue weighted by atomic mass is 10.2. The van der Waals surface area contributed by atoms with Crippen LogP contribution in [0.1, 0.15) is 13.8 Å². The molecule has 7 heteroatoms. The second-order valence-corrected chi connectivity index (χ2v) is 7.12. The molecular weight excluding hydrogens is 354 g/mol. The number of esters is 1. The first-order chi connectivity index (χ1) is 12.5. The first-order valence-corrected chi connectivity index (χ1v) is 9.03. The molecule has 0 bridgehead atoms. The summed E-state index contributed by atoms with van der Waals surface area (Å²) in [6.45, 7) is 3.46. The maximum atomic E-state index is 12.3. The van der Waals surface area contributed by atoms with Gasteiger partial charge in [-0.05, 0) is 38.1 Å². The summed E-state index contributed by atoms with van der Waals surface area (Å²) in [6, 6.07) is 14.7. The molecule has 1 N–H and O–H groups in total. The number of nitrogens with one attached hydrogen (secondary N) is 1. The fourth-order valence-electron chi connectivity index (χ4n) is 2.29. The molecule has 2 atom stereocenters. The van der Waals surface area contributed by atoms with Gasteiger partial charge in [-0.2, -0.15) is 0 Å². The first-order valence-electron chi connectivity index (χ1n) is 8.15.